The van der Waals surface area contributed by atoms with Crippen LogP contribution >= 0.6 is 0 Å². The molecule has 4 heteroatoms. The second-order valence-corrected chi connectivity index (χ2v) is 4.17. The molecule has 1 aliphatic rings. The molecule has 94 valence electrons. The molecule has 1 aliphatic heterocycles. The van der Waals surface area contributed by atoms with E-state index >= 15 is 0 Å². The highest BCUT2D eigenvalue weighted by Crippen LogP contribution is 2.22. The van der Waals surface area contributed by atoms with E-state index in [9.17, 15) is 4.79 Å². The molecule has 0 bridgehead atoms. The van der Waals surface area contributed by atoms with Crippen molar-refractivity contribution in [2.75, 3.05) is 24.7 Å². The Balaban J connectivity index is 1.99. The van der Waals surface area contributed by atoms with E-state index in [1.807, 2.05) is 31.2 Å². The zero-order valence-electron chi connectivity index (χ0n) is 10.3. The van der Waals surface area contributed by atoms with Crippen molar-refractivity contribution >= 4 is 11.8 Å². The van der Waals surface area contributed by atoms with E-state index in [4.69, 9.17) is 15.9 Å². The normalized spacial score (nSPS) is 18.6. The van der Waals surface area contributed by atoms with Gasteiger partial charge in [-0.05, 0) is 24.6 Å². The lowest BCUT2D eigenvalue weighted by Crippen LogP contribution is -2.25. The number of terminal acetylenes is 1. The zero-order chi connectivity index (χ0) is 13.0. The minimum absolute atomic E-state index is 0.235. The topological polar surface area (TPSA) is 38.8 Å². The fourth-order valence-corrected chi connectivity index (χ4v) is 1.86. The summed E-state index contributed by atoms with van der Waals surface area (Å²) in [5, 5.41) is 0. The molecule has 0 saturated carbocycles. The van der Waals surface area contributed by atoms with Crippen LogP contribution in [-0.4, -0.2) is 32.0 Å². The molecule has 1 aromatic rings. The molecule has 0 radical (unpaired) electrons. The van der Waals surface area contributed by atoms with Crippen LogP contribution in [0.3, 0.4) is 0 Å². The predicted molar refractivity (Wildman–Crippen MR) is 68.4 cm³/mol. The van der Waals surface area contributed by atoms with E-state index in [0.29, 0.717) is 13.2 Å². The number of carbonyl (C=O) groups excluding carboxylic acids is 1. The number of nitrogens with zero attached hydrogens (tertiary/aromatic N) is 1. The Labute approximate surface area is 106 Å². The van der Waals surface area contributed by atoms with Crippen molar-refractivity contribution < 1.29 is 14.3 Å². The van der Waals surface area contributed by atoms with Gasteiger partial charge in [-0.25, -0.2) is 4.79 Å². The Morgan fingerprint density at radius 2 is 2.44 bits per heavy atom. The minimum atomic E-state index is -0.338. The smallest absolute Gasteiger partial charge is 0.414 e. The van der Waals surface area contributed by atoms with Gasteiger partial charge >= 0.3 is 6.09 Å². The molecule has 1 saturated heterocycles. The lowest BCUT2D eigenvalue weighted by molar-refractivity contribution is 0.0598. The molecule has 0 aliphatic carbocycles. The Morgan fingerprint density at radius 3 is 3.17 bits per heavy atom. The van der Waals surface area contributed by atoms with Crippen LogP contribution < -0.4 is 4.90 Å². The van der Waals surface area contributed by atoms with Crippen LogP contribution in [0.4, 0.5) is 10.5 Å². The molecule has 0 N–H and O–H groups in total. The van der Waals surface area contributed by atoms with E-state index in [-0.39, 0.29) is 18.8 Å². The largest absolute Gasteiger partial charge is 0.441 e. The highest BCUT2D eigenvalue weighted by molar-refractivity contribution is 5.89. The number of benzene rings is 1. The van der Waals surface area contributed by atoms with E-state index in [1.54, 1.807) is 4.90 Å². The molecule has 2 rings (SSSR count). The molecule has 1 unspecified atom stereocenters. The molecule has 4 nitrogen and oxygen atoms in total. The van der Waals surface area contributed by atoms with Crippen LogP contribution in [0.15, 0.2) is 24.3 Å². The van der Waals surface area contributed by atoms with Crippen LogP contribution in [0.25, 0.3) is 0 Å². The summed E-state index contributed by atoms with van der Waals surface area (Å²) in [7, 11) is 0. The first-order valence-corrected chi connectivity index (χ1v) is 5.76. The number of amides is 1. The van der Waals surface area contributed by atoms with Gasteiger partial charge in [0.05, 0.1) is 13.2 Å². The number of hydrogen-bond acceptors (Lipinski definition) is 3. The molecule has 18 heavy (non-hydrogen) atoms. The summed E-state index contributed by atoms with van der Waals surface area (Å²) in [6.07, 6.45) is 4.49. The Morgan fingerprint density at radius 1 is 1.61 bits per heavy atom. The second-order valence-electron chi connectivity index (χ2n) is 4.17. The standard InChI is InChI=1S/C14H15NO3/c1-3-7-17-10-13-9-15(14(16)18-13)12-6-4-5-11(2)8-12/h1,4-6,8,13H,7,9-10H2,2H3. The summed E-state index contributed by atoms with van der Waals surface area (Å²) < 4.78 is 10.4. The lowest BCUT2D eigenvalue weighted by Gasteiger charge is -2.13. The van der Waals surface area contributed by atoms with Crippen LogP contribution in [0.1, 0.15) is 5.56 Å². The minimum Gasteiger partial charge on any atom is -0.441 e. The summed E-state index contributed by atoms with van der Waals surface area (Å²) in [5.41, 5.74) is 1.95. The molecule has 0 spiro atoms. The highest BCUT2D eigenvalue weighted by Gasteiger charge is 2.32. The van der Waals surface area contributed by atoms with Gasteiger partial charge in [0.1, 0.15) is 12.7 Å². The molecule has 1 aromatic carbocycles. The zero-order valence-corrected chi connectivity index (χ0v) is 10.3. The van der Waals surface area contributed by atoms with Crippen molar-refractivity contribution in [2.45, 2.75) is 13.0 Å². The molecule has 1 amide bonds. The quantitative estimate of drug-likeness (QED) is 0.601. The number of aryl methyl sites for hydroxylation is 1. The summed E-state index contributed by atoms with van der Waals surface area (Å²) in [4.78, 5) is 13.3. The lowest BCUT2D eigenvalue weighted by atomic mass is 10.2. The van der Waals surface area contributed by atoms with E-state index in [0.717, 1.165) is 11.3 Å². The van der Waals surface area contributed by atoms with E-state index in [2.05, 4.69) is 5.92 Å². The van der Waals surface area contributed by atoms with Gasteiger partial charge in [-0.15, -0.1) is 6.42 Å². The average Bonchev–Trinajstić information content (AvgIpc) is 2.71. The third-order valence-electron chi connectivity index (χ3n) is 2.68. The van der Waals surface area contributed by atoms with Crippen LogP contribution in [-0.2, 0) is 9.47 Å². The maximum Gasteiger partial charge on any atom is 0.414 e. The van der Waals surface area contributed by atoms with Crippen molar-refractivity contribution in [3.63, 3.8) is 0 Å². The average molecular weight is 245 g/mol. The van der Waals surface area contributed by atoms with Gasteiger partial charge in [0.25, 0.3) is 0 Å². The highest BCUT2D eigenvalue weighted by atomic mass is 16.6. The van der Waals surface area contributed by atoms with Crippen molar-refractivity contribution in [1.82, 2.24) is 0 Å². The second kappa shape index (κ2) is 5.56. The van der Waals surface area contributed by atoms with Crippen LogP contribution in [0.2, 0.25) is 0 Å². The van der Waals surface area contributed by atoms with E-state index < -0.39 is 0 Å². The summed E-state index contributed by atoms with van der Waals surface area (Å²) in [6.45, 7) is 3.04. The fourth-order valence-electron chi connectivity index (χ4n) is 1.86. The maximum atomic E-state index is 11.7. The molecular formula is C14H15NO3. The number of anilines is 1. The van der Waals surface area contributed by atoms with Crippen molar-refractivity contribution in [3.8, 4) is 12.3 Å². The number of hydrogen-bond donors (Lipinski definition) is 0. The van der Waals surface area contributed by atoms with E-state index in [1.165, 1.54) is 0 Å². The van der Waals surface area contributed by atoms with Gasteiger partial charge in [-0.1, -0.05) is 18.1 Å². The Hall–Kier alpha value is -1.99. The summed E-state index contributed by atoms with van der Waals surface area (Å²) in [6, 6.07) is 7.74. The maximum absolute atomic E-state index is 11.7. The first kappa shape index (κ1) is 12.5. The predicted octanol–water partition coefficient (Wildman–Crippen LogP) is 1.97. The van der Waals surface area contributed by atoms with Crippen LogP contribution in [0, 0.1) is 19.3 Å². The monoisotopic (exact) mass is 245 g/mol. The van der Waals surface area contributed by atoms with Crippen molar-refractivity contribution in [3.05, 3.63) is 29.8 Å². The van der Waals surface area contributed by atoms with Gasteiger partial charge in [0.15, 0.2) is 0 Å². The van der Waals surface area contributed by atoms with Crippen LogP contribution in [0.5, 0.6) is 0 Å². The Bertz CT molecular complexity index is 478. The van der Waals surface area contributed by atoms with Gasteiger partial charge < -0.3 is 9.47 Å². The van der Waals surface area contributed by atoms with Gasteiger partial charge in [0, 0.05) is 5.69 Å². The van der Waals surface area contributed by atoms with Gasteiger partial charge in [0.2, 0.25) is 0 Å². The third-order valence-corrected chi connectivity index (χ3v) is 2.68. The molecule has 1 heterocycles. The van der Waals surface area contributed by atoms with Crippen molar-refractivity contribution in [2.24, 2.45) is 0 Å². The first-order valence-electron chi connectivity index (χ1n) is 5.76. The number of carbonyl (C=O) groups is 1. The Kier molecular flexibility index (Phi) is 3.85. The number of ether oxygens (including phenoxy) is 2. The number of cyclic esters (lactones) is 1. The van der Waals surface area contributed by atoms with Gasteiger partial charge in [-0.3, -0.25) is 4.90 Å². The molecule has 0 aromatic heterocycles. The first-order chi connectivity index (χ1) is 8.70. The molecular weight excluding hydrogens is 230 g/mol. The van der Waals surface area contributed by atoms with Gasteiger partial charge in [-0.2, -0.15) is 0 Å². The summed E-state index contributed by atoms with van der Waals surface area (Å²) >= 11 is 0. The summed E-state index contributed by atoms with van der Waals surface area (Å²) in [5.74, 6) is 2.38. The fraction of sp³-hybridized carbons (Fsp3) is 0.357. The molecule has 1 atom stereocenters. The number of rotatable bonds is 4. The molecule has 1 fully saturated rings. The van der Waals surface area contributed by atoms with Crippen molar-refractivity contribution in [1.29, 1.82) is 0 Å². The SMILES string of the molecule is C#CCOCC1CN(c2cccc(C)c2)C(=O)O1. The third kappa shape index (κ3) is 2.82.